The fraction of sp³-hybridized carbons (Fsp3) is 0.889. The van der Waals surface area contributed by atoms with Gasteiger partial charge in [0.05, 0.1) is 6.07 Å². The Bertz CT molecular complexity index is 209. The summed E-state index contributed by atoms with van der Waals surface area (Å²) in [6, 6.07) is 2.28. The second-order valence-electron chi connectivity index (χ2n) is 4.14. The highest BCUT2D eigenvalue weighted by atomic mass is 32.2. The van der Waals surface area contributed by atoms with Gasteiger partial charge in [0.2, 0.25) is 0 Å². The summed E-state index contributed by atoms with van der Waals surface area (Å²) in [5.74, 6) is 1.93. The minimum Gasteiger partial charge on any atom is -0.362 e. The molecule has 2 nitrogen and oxygen atoms in total. The molecule has 68 valence electrons. The molecule has 1 rings (SSSR count). The van der Waals surface area contributed by atoms with E-state index < -0.39 is 5.60 Å². The number of ether oxygens (including phenoxy) is 1. The highest BCUT2D eigenvalue weighted by molar-refractivity contribution is 7.99. The molecule has 0 bridgehead atoms. The number of nitriles is 1. The minimum absolute atomic E-state index is 0.231. The zero-order chi connectivity index (χ0) is 9.24. The number of nitrogens with zero attached hydrogens (tertiary/aromatic N) is 1. The van der Waals surface area contributed by atoms with Crippen LogP contribution in [0.4, 0.5) is 0 Å². The second-order valence-corrected chi connectivity index (χ2v) is 5.13. The molecule has 0 aromatic heterocycles. The first kappa shape index (κ1) is 9.88. The maximum Gasteiger partial charge on any atom is 0.163 e. The molecule has 1 saturated heterocycles. The lowest BCUT2D eigenvalue weighted by Gasteiger charge is -2.39. The molecule has 0 amide bonds. The van der Waals surface area contributed by atoms with Crippen molar-refractivity contribution in [3.8, 4) is 6.07 Å². The molecule has 0 radical (unpaired) electrons. The number of thioether (sulfide) groups is 1. The average Bonchev–Trinajstić information content (AvgIpc) is 2.02. The first-order valence-corrected chi connectivity index (χ1v) is 5.23. The first-order valence-electron chi connectivity index (χ1n) is 4.08. The van der Waals surface area contributed by atoms with Gasteiger partial charge in [-0.25, -0.2) is 0 Å². The van der Waals surface area contributed by atoms with Gasteiger partial charge in [0.25, 0.3) is 0 Å². The predicted octanol–water partition coefficient (Wildman–Crippen LogP) is 2.06. The largest absolute Gasteiger partial charge is 0.362 e. The second kappa shape index (κ2) is 3.27. The van der Waals surface area contributed by atoms with Crippen molar-refractivity contribution in [1.29, 1.82) is 5.26 Å². The lowest BCUT2D eigenvalue weighted by atomic mass is 9.82. The highest BCUT2D eigenvalue weighted by Crippen LogP contribution is 2.40. The Morgan fingerprint density at radius 3 is 2.42 bits per heavy atom. The summed E-state index contributed by atoms with van der Waals surface area (Å²) < 4.78 is 5.28. The molecule has 0 N–H and O–H groups in total. The van der Waals surface area contributed by atoms with Crippen LogP contribution in [0.3, 0.4) is 0 Å². The fourth-order valence-corrected chi connectivity index (χ4v) is 2.99. The maximum absolute atomic E-state index is 8.99. The van der Waals surface area contributed by atoms with Crippen molar-refractivity contribution in [3.63, 3.8) is 0 Å². The van der Waals surface area contributed by atoms with Gasteiger partial charge in [0, 0.05) is 12.9 Å². The van der Waals surface area contributed by atoms with Crippen molar-refractivity contribution < 1.29 is 4.74 Å². The van der Waals surface area contributed by atoms with Crippen LogP contribution in [0.2, 0.25) is 0 Å². The standard InChI is InChI=1S/C9H15NOS/c1-8(2)4-9(5-10,11-3)7-12-6-8/h4,6-7H2,1-3H3. The Morgan fingerprint density at radius 1 is 1.42 bits per heavy atom. The third-order valence-electron chi connectivity index (χ3n) is 2.19. The lowest BCUT2D eigenvalue weighted by Crippen LogP contribution is -2.42. The van der Waals surface area contributed by atoms with Crippen molar-refractivity contribution >= 4 is 11.8 Å². The summed E-state index contributed by atoms with van der Waals surface area (Å²) in [6.07, 6.45) is 0.847. The first-order chi connectivity index (χ1) is 5.54. The van der Waals surface area contributed by atoms with E-state index in [4.69, 9.17) is 10.00 Å². The van der Waals surface area contributed by atoms with Crippen LogP contribution < -0.4 is 0 Å². The molecule has 0 aromatic carbocycles. The Morgan fingerprint density at radius 2 is 2.08 bits per heavy atom. The van der Waals surface area contributed by atoms with Gasteiger partial charge >= 0.3 is 0 Å². The van der Waals surface area contributed by atoms with E-state index in [-0.39, 0.29) is 5.41 Å². The van der Waals surface area contributed by atoms with Crippen molar-refractivity contribution in [2.24, 2.45) is 5.41 Å². The molecule has 1 heterocycles. The molecule has 3 heteroatoms. The Hall–Kier alpha value is -0.200. The molecule has 1 atom stereocenters. The zero-order valence-electron chi connectivity index (χ0n) is 7.89. The number of hydrogen-bond acceptors (Lipinski definition) is 3. The van der Waals surface area contributed by atoms with E-state index >= 15 is 0 Å². The van der Waals surface area contributed by atoms with E-state index in [2.05, 4.69) is 19.9 Å². The van der Waals surface area contributed by atoms with E-state index in [0.29, 0.717) is 0 Å². The molecule has 1 unspecified atom stereocenters. The molecule has 0 aromatic rings. The molecule has 0 saturated carbocycles. The predicted molar refractivity (Wildman–Crippen MR) is 51.1 cm³/mol. The third kappa shape index (κ3) is 1.94. The maximum atomic E-state index is 8.99. The third-order valence-corrected chi connectivity index (χ3v) is 3.84. The SMILES string of the molecule is COC1(C#N)CSCC(C)(C)C1. The Kier molecular flexibility index (Phi) is 2.70. The summed E-state index contributed by atoms with van der Waals surface area (Å²) in [7, 11) is 1.63. The quantitative estimate of drug-likeness (QED) is 0.627. The lowest BCUT2D eigenvalue weighted by molar-refractivity contribution is 0.0218. The van der Waals surface area contributed by atoms with E-state index in [1.165, 1.54) is 0 Å². The molecular formula is C9H15NOS. The number of methoxy groups -OCH3 is 1. The number of hydrogen-bond donors (Lipinski definition) is 0. The summed E-state index contributed by atoms with van der Waals surface area (Å²) >= 11 is 1.81. The topological polar surface area (TPSA) is 33.0 Å². The average molecular weight is 185 g/mol. The van der Waals surface area contributed by atoms with Crippen LogP contribution in [0.25, 0.3) is 0 Å². The molecule has 12 heavy (non-hydrogen) atoms. The van der Waals surface area contributed by atoms with Gasteiger partial charge in [-0.15, -0.1) is 0 Å². The van der Waals surface area contributed by atoms with E-state index in [1.54, 1.807) is 7.11 Å². The molecule has 1 aliphatic heterocycles. The van der Waals surface area contributed by atoms with Gasteiger partial charge in [0.15, 0.2) is 5.60 Å². The molecule has 1 fully saturated rings. The zero-order valence-corrected chi connectivity index (χ0v) is 8.70. The fourth-order valence-electron chi connectivity index (χ4n) is 1.62. The van der Waals surface area contributed by atoms with Gasteiger partial charge < -0.3 is 4.74 Å². The van der Waals surface area contributed by atoms with Gasteiger partial charge in [-0.3, -0.25) is 0 Å². The molecule has 0 aliphatic carbocycles. The van der Waals surface area contributed by atoms with Crippen molar-refractivity contribution in [1.82, 2.24) is 0 Å². The normalized spacial score (nSPS) is 34.2. The van der Waals surface area contributed by atoms with Gasteiger partial charge in [-0.2, -0.15) is 17.0 Å². The number of rotatable bonds is 1. The van der Waals surface area contributed by atoms with Crippen LogP contribution in [0.5, 0.6) is 0 Å². The highest BCUT2D eigenvalue weighted by Gasteiger charge is 2.40. The van der Waals surface area contributed by atoms with E-state index in [0.717, 1.165) is 17.9 Å². The van der Waals surface area contributed by atoms with Gasteiger partial charge in [0.1, 0.15) is 0 Å². The summed E-state index contributed by atoms with van der Waals surface area (Å²) in [5.41, 5.74) is -0.304. The van der Waals surface area contributed by atoms with Crippen LogP contribution >= 0.6 is 11.8 Å². The van der Waals surface area contributed by atoms with E-state index in [1.807, 2.05) is 11.8 Å². The summed E-state index contributed by atoms with van der Waals surface area (Å²) in [6.45, 7) is 4.37. The van der Waals surface area contributed by atoms with Crippen molar-refractivity contribution in [3.05, 3.63) is 0 Å². The Balaban J connectivity index is 2.74. The van der Waals surface area contributed by atoms with Crippen molar-refractivity contribution in [2.75, 3.05) is 18.6 Å². The Labute approximate surface area is 78.3 Å². The summed E-state index contributed by atoms with van der Waals surface area (Å²) in [4.78, 5) is 0. The summed E-state index contributed by atoms with van der Waals surface area (Å²) in [5, 5.41) is 8.99. The van der Waals surface area contributed by atoms with Gasteiger partial charge in [-0.1, -0.05) is 13.8 Å². The van der Waals surface area contributed by atoms with Crippen molar-refractivity contribution in [2.45, 2.75) is 25.9 Å². The van der Waals surface area contributed by atoms with Crippen LogP contribution in [-0.4, -0.2) is 24.2 Å². The molecule has 0 spiro atoms. The monoisotopic (exact) mass is 185 g/mol. The van der Waals surface area contributed by atoms with Gasteiger partial charge in [-0.05, 0) is 17.6 Å². The van der Waals surface area contributed by atoms with Crippen LogP contribution in [0.15, 0.2) is 0 Å². The smallest absolute Gasteiger partial charge is 0.163 e. The van der Waals surface area contributed by atoms with Crippen LogP contribution in [0, 0.1) is 16.7 Å². The minimum atomic E-state index is -0.535. The van der Waals surface area contributed by atoms with Crippen LogP contribution in [0.1, 0.15) is 20.3 Å². The van der Waals surface area contributed by atoms with E-state index in [9.17, 15) is 0 Å². The van der Waals surface area contributed by atoms with Crippen LogP contribution in [-0.2, 0) is 4.74 Å². The molecular weight excluding hydrogens is 170 g/mol. The molecule has 1 aliphatic rings.